The summed E-state index contributed by atoms with van der Waals surface area (Å²) in [5.74, 6) is 0.503. The van der Waals surface area contributed by atoms with Crippen LogP contribution in [0.1, 0.15) is 45.4 Å². The molecule has 1 aliphatic carbocycles. The summed E-state index contributed by atoms with van der Waals surface area (Å²) < 4.78 is 5.01. The molecular weight excluding hydrogens is 228 g/mol. The maximum Gasteiger partial charge on any atom is 0.221 e. The van der Waals surface area contributed by atoms with Gasteiger partial charge >= 0.3 is 0 Å². The summed E-state index contributed by atoms with van der Waals surface area (Å²) in [7, 11) is 1.63. The third-order valence-corrected chi connectivity index (χ3v) is 3.56. The number of hydrogen-bond donors (Lipinski definition) is 1. The van der Waals surface area contributed by atoms with E-state index in [4.69, 9.17) is 4.74 Å². The average Bonchev–Trinajstić information content (AvgIpc) is 2.37. The number of nitrogens with zero attached hydrogens (tertiary/aromatic N) is 1. The van der Waals surface area contributed by atoms with E-state index in [1.807, 2.05) is 6.92 Å². The molecule has 0 saturated heterocycles. The summed E-state index contributed by atoms with van der Waals surface area (Å²) in [6, 6.07) is 1.93. The zero-order valence-corrected chi connectivity index (χ0v) is 11.4. The molecule has 1 N–H and O–H groups in total. The number of ether oxygens (including phenoxy) is 1. The number of carbonyl (C=O) groups is 1. The number of nitriles is 1. The molecule has 1 saturated carbocycles. The van der Waals surface area contributed by atoms with Gasteiger partial charge in [-0.1, -0.05) is 26.2 Å². The Balaban J connectivity index is 2.37. The van der Waals surface area contributed by atoms with Crippen molar-refractivity contribution in [3.8, 4) is 6.07 Å². The number of amides is 1. The molecule has 0 aliphatic heterocycles. The highest BCUT2D eigenvalue weighted by Gasteiger charge is 2.25. The van der Waals surface area contributed by atoms with Crippen LogP contribution in [0, 0.1) is 23.2 Å². The second kappa shape index (κ2) is 8.10. The summed E-state index contributed by atoms with van der Waals surface area (Å²) in [5, 5.41) is 12.0. The third kappa shape index (κ3) is 5.05. The van der Waals surface area contributed by atoms with Crippen LogP contribution < -0.4 is 5.32 Å². The van der Waals surface area contributed by atoms with E-state index in [0.29, 0.717) is 18.9 Å². The molecule has 1 aliphatic rings. The molecule has 0 radical (unpaired) electrons. The van der Waals surface area contributed by atoms with Gasteiger partial charge in [-0.2, -0.15) is 5.26 Å². The standard InChI is InChI=1S/C14H24N2O2/c1-11(10-18-2)8-14(17)16-13(9-15)12-6-4-3-5-7-12/h11-13H,3-8,10H2,1-2H3,(H,16,17). The van der Waals surface area contributed by atoms with Crippen molar-refractivity contribution in [2.24, 2.45) is 11.8 Å². The molecule has 1 rings (SSSR count). The van der Waals surface area contributed by atoms with E-state index < -0.39 is 0 Å². The topological polar surface area (TPSA) is 62.1 Å². The first-order valence-corrected chi connectivity index (χ1v) is 6.85. The van der Waals surface area contributed by atoms with Crippen molar-refractivity contribution >= 4 is 5.91 Å². The van der Waals surface area contributed by atoms with Gasteiger partial charge < -0.3 is 10.1 Å². The first kappa shape index (κ1) is 15.0. The molecule has 2 unspecified atom stereocenters. The molecule has 0 spiro atoms. The molecule has 18 heavy (non-hydrogen) atoms. The zero-order chi connectivity index (χ0) is 13.4. The molecule has 0 aromatic carbocycles. The quantitative estimate of drug-likeness (QED) is 0.788. The molecule has 1 amide bonds. The van der Waals surface area contributed by atoms with Crippen molar-refractivity contribution in [2.45, 2.75) is 51.5 Å². The van der Waals surface area contributed by atoms with Crippen LogP contribution in [0.5, 0.6) is 0 Å². The monoisotopic (exact) mass is 252 g/mol. The van der Waals surface area contributed by atoms with Gasteiger partial charge in [0, 0.05) is 20.1 Å². The van der Waals surface area contributed by atoms with Gasteiger partial charge in [0.25, 0.3) is 0 Å². The SMILES string of the molecule is COCC(C)CC(=O)NC(C#N)C1CCCCC1. The Bertz CT molecular complexity index is 293. The van der Waals surface area contributed by atoms with Crippen LogP contribution >= 0.6 is 0 Å². The average molecular weight is 252 g/mol. The molecule has 0 aromatic rings. The molecule has 0 aromatic heterocycles. The predicted octanol–water partition coefficient (Wildman–Crippen LogP) is 2.25. The molecule has 2 atom stereocenters. The van der Waals surface area contributed by atoms with E-state index in [9.17, 15) is 10.1 Å². The second-order valence-electron chi connectivity index (χ2n) is 5.34. The Labute approximate surface area is 110 Å². The fourth-order valence-corrected chi connectivity index (χ4v) is 2.62. The van der Waals surface area contributed by atoms with Crippen molar-refractivity contribution in [3.05, 3.63) is 0 Å². The molecule has 1 fully saturated rings. The summed E-state index contributed by atoms with van der Waals surface area (Å²) >= 11 is 0. The van der Waals surface area contributed by atoms with Gasteiger partial charge in [-0.3, -0.25) is 4.79 Å². The van der Waals surface area contributed by atoms with E-state index >= 15 is 0 Å². The second-order valence-corrected chi connectivity index (χ2v) is 5.34. The van der Waals surface area contributed by atoms with Crippen LogP contribution in [0.2, 0.25) is 0 Å². The van der Waals surface area contributed by atoms with Gasteiger partial charge in [0.15, 0.2) is 0 Å². The Morgan fingerprint density at radius 1 is 1.44 bits per heavy atom. The Hall–Kier alpha value is -1.08. The number of rotatable bonds is 6. The molecule has 4 nitrogen and oxygen atoms in total. The van der Waals surface area contributed by atoms with Crippen molar-refractivity contribution in [1.29, 1.82) is 5.26 Å². The highest BCUT2D eigenvalue weighted by atomic mass is 16.5. The summed E-state index contributed by atoms with van der Waals surface area (Å²) in [4.78, 5) is 11.8. The van der Waals surface area contributed by atoms with Crippen molar-refractivity contribution in [1.82, 2.24) is 5.32 Å². The first-order valence-electron chi connectivity index (χ1n) is 6.85. The van der Waals surface area contributed by atoms with Crippen LogP contribution in [0.4, 0.5) is 0 Å². The molecule has 0 bridgehead atoms. The minimum atomic E-state index is -0.312. The number of methoxy groups -OCH3 is 1. The normalized spacial score (nSPS) is 19.8. The van der Waals surface area contributed by atoms with Gasteiger partial charge in [-0.25, -0.2) is 0 Å². The lowest BCUT2D eigenvalue weighted by molar-refractivity contribution is -0.123. The van der Waals surface area contributed by atoms with Gasteiger partial charge in [0.05, 0.1) is 6.07 Å². The Kier molecular flexibility index (Phi) is 6.74. The lowest BCUT2D eigenvalue weighted by Crippen LogP contribution is -2.40. The Morgan fingerprint density at radius 3 is 2.67 bits per heavy atom. The maximum atomic E-state index is 11.8. The van der Waals surface area contributed by atoms with Crippen molar-refractivity contribution < 1.29 is 9.53 Å². The highest BCUT2D eigenvalue weighted by Crippen LogP contribution is 2.26. The molecule has 4 heteroatoms. The fourth-order valence-electron chi connectivity index (χ4n) is 2.62. The minimum Gasteiger partial charge on any atom is -0.384 e. The smallest absolute Gasteiger partial charge is 0.221 e. The van der Waals surface area contributed by atoms with Crippen LogP contribution in [0.15, 0.2) is 0 Å². The summed E-state index contributed by atoms with van der Waals surface area (Å²) in [6.45, 7) is 2.55. The van der Waals surface area contributed by atoms with E-state index in [-0.39, 0.29) is 17.9 Å². The van der Waals surface area contributed by atoms with Gasteiger partial charge in [0.2, 0.25) is 5.91 Å². The molecule has 102 valence electrons. The number of carbonyl (C=O) groups excluding carboxylic acids is 1. The summed E-state index contributed by atoms with van der Waals surface area (Å²) in [6.07, 6.45) is 6.17. The van der Waals surface area contributed by atoms with Crippen LogP contribution in [0.25, 0.3) is 0 Å². The van der Waals surface area contributed by atoms with E-state index in [0.717, 1.165) is 12.8 Å². The van der Waals surface area contributed by atoms with E-state index in [2.05, 4.69) is 11.4 Å². The van der Waals surface area contributed by atoms with Crippen molar-refractivity contribution in [3.63, 3.8) is 0 Å². The fraction of sp³-hybridized carbons (Fsp3) is 0.857. The first-order chi connectivity index (χ1) is 8.67. The summed E-state index contributed by atoms with van der Waals surface area (Å²) in [5.41, 5.74) is 0. The lowest BCUT2D eigenvalue weighted by Gasteiger charge is -2.26. The Morgan fingerprint density at radius 2 is 2.11 bits per heavy atom. The molecular formula is C14H24N2O2. The van der Waals surface area contributed by atoms with Crippen LogP contribution in [0.3, 0.4) is 0 Å². The van der Waals surface area contributed by atoms with Crippen LogP contribution in [-0.2, 0) is 9.53 Å². The van der Waals surface area contributed by atoms with Gasteiger partial charge in [-0.05, 0) is 24.7 Å². The maximum absolute atomic E-state index is 11.8. The van der Waals surface area contributed by atoms with Crippen molar-refractivity contribution in [2.75, 3.05) is 13.7 Å². The molecule has 0 heterocycles. The number of hydrogen-bond acceptors (Lipinski definition) is 3. The number of nitrogens with one attached hydrogen (secondary N) is 1. The predicted molar refractivity (Wildman–Crippen MR) is 69.8 cm³/mol. The van der Waals surface area contributed by atoms with E-state index in [1.165, 1.54) is 19.3 Å². The highest BCUT2D eigenvalue weighted by molar-refractivity contribution is 5.76. The van der Waals surface area contributed by atoms with Gasteiger partial charge in [0.1, 0.15) is 6.04 Å². The van der Waals surface area contributed by atoms with Gasteiger partial charge in [-0.15, -0.1) is 0 Å². The third-order valence-electron chi connectivity index (χ3n) is 3.56. The lowest BCUT2D eigenvalue weighted by atomic mass is 9.84. The zero-order valence-electron chi connectivity index (χ0n) is 11.4. The largest absolute Gasteiger partial charge is 0.384 e. The minimum absolute atomic E-state index is 0.0309. The van der Waals surface area contributed by atoms with E-state index in [1.54, 1.807) is 7.11 Å². The van der Waals surface area contributed by atoms with Crippen LogP contribution in [-0.4, -0.2) is 25.7 Å².